The van der Waals surface area contributed by atoms with E-state index in [0.29, 0.717) is 0 Å². The second-order valence-corrected chi connectivity index (χ2v) is 7.16. The summed E-state index contributed by atoms with van der Waals surface area (Å²) in [6.45, 7) is 11.0. The minimum atomic E-state index is 1.01. The first-order chi connectivity index (χ1) is 10.2. The van der Waals surface area contributed by atoms with Crippen LogP contribution >= 0.6 is 0 Å². The van der Waals surface area contributed by atoms with Crippen LogP contribution in [0.15, 0.2) is 18.2 Å². The summed E-state index contributed by atoms with van der Waals surface area (Å²) in [5.41, 5.74) is 4.35. The Morgan fingerprint density at radius 3 is 2.48 bits per heavy atom. The number of quaternary nitrogens is 1. The van der Waals surface area contributed by atoms with Crippen LogP contribution in [0.3, 0.4) is 0 Å². The van der Waals surface area contributed by atoms with Gasteiger partial charge in [-0.15, -0.1) is 0 Å². The second kappa shape index (κ2) is 6.83. The molecule has 0 atom stereocenters. The molecule has 1 N–H and O–H groups in total. The van der Waals surface area contributed by atoms with E-state index in [1.165, 1.54) is 81.6 Å². The molecule has 1 aliphatic carbocycles. The van der Waals surface area contributed by atoms with E-state index in [9.17, 15) is 0 Å². The standard InChI is InChI=1S/C19H30N2/c1-16-7-6-10-19(17(16)2)21-13-11-20(12-14-21)15-18-8-4-3-5-9-18/h6-7,10,18H,3-5,8-9,11-15H2,1-2H3/p+1. The highest BCUT2D eigenvalue weighted by Crippen LogP contribution is 2.23. The predicted molar refractivity (Wildman–Crippen MR) is 90.3 cm³/mol. The molecule has 0 spiro atoms. The van der Waals surface area contributed by atoms with Gasteiger partial charge in [-0.1, -0.05) is 31.4 Å². The molecule has 1 saturated heterocycles. The first kappa shape index (κ1) is 14.9. The molecule has 0 radical (unpaired) electrons. The topological polar surface area (TPSA) is 7.68 Å². The van der Waals surface area contributed by atoms with Crippen molar-refractivity contribution in [1.29, 1.82) is 0 Å². The van der Waals surface area contributed by atoms with Gasteiger partial charge in [0.15, 0.2) is 0 Å². The van der Waals surface area contributed by atoms with E-state index in [1.54, 1.807) is 0 Å². The van der Waals surface area contributed by atoms with Gasteiger partial charge in [-0.25, -0.2) is 0 Å². The summed E-state index contributed by atoms with van der Waals surface area (Å²) < 4.78 is 0. The summed E-state index contributed by atoms with van der Waals surface area (Å²) in [6.07, 6.45) is 7.42. The van der Waals surface area contributed by atoms with Crippen LogP contribution in [-0.4, -0.2) is 32.7 Å². The molecule has 2 fully saturated rings. The molecule has 3 rings (SSSR count). The lowest BCUT2D eigenvalue weighted by molar-refractivity contribution is -0.904. The van der Waals surface area contributed by atoms with Gasteiger partial charge >= 0.3 is 0 Å². The van der Waals surface area contributed by atoms with Crippen LogP contribution in [-0.2, 0) is 0 Å². The molecule has 1 aromatic rings. The van der Waals surface area contributed by atoms with Crippen molar-refractivity contribution in [3.8, 4) is 0 Å². The van der Waals surface area contributed by atoms with Crippen LogP contribution in [0.25, 0.3) is 0 Å². The first-order valence-electron chi connectivity index (χ1n) is 8.89. The lowest BCUT2D eigenvalue weighted by Gasteiger charge is -2.36. The number of hydrogen-bond acceptors (Lipinski definition) is 1. The van der Waals surface area contributed by atoms with Crippen LogP contribution in [0.1, 0.15) is 43.2 Å². The van der Waals surface area contributed by atoms with Gasteiger partial charge in [-0.2, -0.15) is 0 Å². The van der Waals surface area contributed by atoms with Gasteiger partial charge in [-0.3, -0.25) is 0 Å². The highest BCUT2D eigenvalue weighted by Gasteiger charge is 2.25. The summed E-state index contributed by atoms with van der Waals surface area (Å²) in [7, 11) is 0. The summed E-state index contributed by atoms with van der Waals surface area (Å²) in [5.74, 6) is 1.01. The molecule has 0 unspecified atom stereocenters. The molecule has 1 heterocycles. The Morgan fingerprint density at radius 1 is 1.05 bits per heavy atom. The van der Waals surface area contributed by atoms with Crippen LogP contribution in [0.2, 0.25) is 0 Å². The lowest BCUT2D eigenvalue weighted by Crippen LogP contribution is -3.15. The molecule has 21 heavy (non-hydrogen) atoms. The lowest BCUT2D eigenvalue weighted by atomic mass is 9.89. The molecule has 0 bridgehead atoms. The van der Waals surface area contributed by atoms with Crippen molar-refractivity contribution in [2.45, 2.75) is 46.0 Å². The summed E-state index contributed by atoms with van der Waals surface area (Å²) >= 11 is 0. The van der Waals surface area contributed by atoms with Crippen LogP contribution < -0.4 is 9.80 Å². The molecule has 2 nitrogen and oxygen atoms in total. The van der Waals surface area contributed by atoms with Crippen molar-refractivity contribution in [3.05, 3.63) is 29.3 Å². The highest BCUT2D eigenvalue weighted by molar-refractivity contribution is 5.56. The van der Waals surface area contributed by atoms with E-state index >= 15 is 0 Å². The van der Waals surface area contributed by atoms with Crippen molar-refractivity contribution < 1.29 is 4.90 Å². The molecular weight excluding hydrogens is 256 g/mol. The third-order valence-corrected chi connectivity index (χ3v) is 5.69. The van der Waals surface area contributed by atoms with E-state index in [1.807, 2.05) is 4.90 Å². The number of rotatable bonds is 3. The Balaban J connectivity index is 1.53. The van der Waals surface area contributed by atoms with E-state index in [2.05, 4.69) is 36.9 Å². The number of aryl methyl sites for hydroxylation is 1. The van der Waals surface area contributed by atoms with Gasteiger partial charge in [0.1, 0.15) is 0 Å². The zero-order chi connectivity index (χ0) is 14.7. The molecule has 116 valence electrons. The Labute approximate surface area is 130 Å². The zero-order valence-electron chi connectivity index (χ0n) is 13.8. The van der Waals surface area contributed by atoms with Crippen LogP contribution in [0, 0.1) is 19.8 Å². The highest BCUT2D eigenvalue weighted by atomic mass is 15.3. The van der Waals surface area contributed by atoms with Crippen molar-refractivity contribution >= 4 is 5.69 Å². The van der Waals surface area contributed by atoms with Crippen molar-refractivity contribution in [2.24, 2.45) is 5.92 Å². The maximum absolute atomic E-state index is 2.60. The SMILES string of the molecule is Cc1cccc(N2CC[NH+](CC3CCCCC3)CC2)c1C. The van der Waals surface area contributed by atoms with Crippen molar-refractivity contribution in [1.82, 2.24) is 0 Å². The zero-order valence-corrected chi connectivity index (χ0v) is 13.8. The average Bonchev–Trinajstić information content (AvgIpc) is 2.52. The fourth-order valence-electron chi connectivity index (χ4n) is 4.15. The minimum absolute atomic E-state index is 1.01. The molecule has 2 aliphatic rings. The number of anilines is 1. The molecule has 0 aromatic heterocycles. The number of hydrogen-bond donors (Lipinski definition) is 1. The van der Waals surface area contributed by atoms with E-state index in [0.717, 1.165) is 5.92 Å². The summed E-state index contributed by atoms with van der Waals surface area (Å²) in [4.78, 5) is 4.45. The van der Waals surface area contributed by atoms with Crippen molar-refractivity contribution in [2.75, 3.05) is 37.6 Å². The number of nitrogens with one attached hydrogen (secondary N) is 1. The second-order valence-electron chi connectivity index (χ2n) is 7.16. The number of benzene rings is 1. The first-order valence-corrected chi connectivity index (χ1v) is 8.89. The van der Waals surface area contributed by atoms with Gasteiger partial charge in [-0.05, 0) is 43.9 Å². The van der Waals surface area contributed by atoms with Gasteiger partial charge < -0.3 is 9.80 Å². The minimum Gasteiger partial charge on any atom is -0.360 e. The molecule has 2 heteroatoms. The molecule has 1 saturated carbocycles. The smallest absolute Gasteiger partial charge is 0.0949 e. The van der Waals surface area contributed by atoms with Gasteiger partial charge in [0.05, 0.1) is 32.7 Å². The van der Waals surface area contributed by atoms with Crippen molar-refractivity contribution in [3.63, 3.8) is 0 Å². The Morgan fingerprint density at radius 2 is 1.76 bits per heavy atom. The van der Waals surface area contributed by atoms with E-state index in [-0.39, 0.29) is 0 Å². The summed E-state index contributed by atoms with van der Waals surface area (Å²) in [5, 5.41) is 0. The van der Waals surface area contributed by atoms with Gasteiger partial charge in [0.25, 0.3) is 0 Å². The quantitative estimate of drug-likeness (QED) is 0.898. The van der Waals surface area contributed by atoms with Gasteiger partial charge in [0, 0.05) is 11.6 Å². The maximum Gasteiger partial charge on any atom is 0.0949 e. The monoisotopic (exact) mass is 287 g/mol. The maximum atomic E-state index is 2.60. The molecular formula is C19H31N2+. The number of nitrogens with zero attached hydrogens (tertiary/aromatic N) is 1. The van der Waals surface area contributed by atoms with E-state index < -0.39 is 0 Å². The summed E-state index contributed by atoms with van der Waals surface area (Å²) in [6, 6.07) is 6.73. The Bertz CT molecular complexity index is 455. The molecule has 1 aromatic carbocycles. The third kappa shape index (κ3) is 3.60. The van der Waals surface area contributed by atoms with Gasteiger partial charge in [0.2, 0.25) is 0 Å². The Kier molecular flexibility index (Phi) is 4.84. The number of piperazine rings is 1. The predicted octanol–water partition coefficient (Wildman–Crippen LogP) is 2.59. The Hall–Kier alpha value is -1.02. The largest absolute Gasteiger partial charge is 0.360 e. The van der Waals surface area contributed by atoms with Crippen LogP contribution in [0.4, 0.5) is 5.69 Å². The fourth-order valence-corrected chi connectivity index (χ4v) is 4.15. The molecule has 0 amide bonds. The normalized spacial score (nSPS) is 21.7. The fraction of sp³-hybridized carbons (Fsp3) is 0.684. The van der Waals surface area contributed by atoms with E-state index in [4.69, 9.17) is 0 Å². The average molecular weight is 287 g/mol. The molecule has 1 aliphatic heterocycles. The van der Waals surface area contributed by atoms with Crippen LogP contribution in [0.5, 0.6) is 0 Å². The third-order valence-electron chi connectivity index (χ3n) is 5.69.